The molecule has 0 aromatic rings. The second-order valence-corrected chi connectivity index (χ2v) is 9.11. The monoisotopic (exact) mass is 439 g/mol. The first-order chi connectivity index (χ1) is 15.3. The Labute approximate surface area is 195 Å². The zero-order chi connectivity index (χ0) is 22.7. The zero-order valence-corrected chi connectivity index (χ0v) is 21.1. The summed E-state index contributed by atoms with van der Waals surface area (Å²) >= 11 is 0. The second kappa shape index (κ2) is 27.5. The highest BCUT2D eigenvalue weighted by molar-refractivity contribution is 4.73. The number of allylic oxidation sites excluding steroid dienone is 1. The van der Waals surface area contributed by atoms with Crippen LogP contribution in [0, 0.1) is 0 Å². The van der Waals surface area contributed by atoms with E-state index >= 15 is 0 Å². The van der Waals surface area contributed by atoms with Crippen LogP contribution in [-0.2, 0) is 4.74 Å². The summed E-state index contributed by atoms with van der Waals surface area (Å²) in [6.07, 6.45) is 28.3. The van der Waals surface area contributed by atoms with Crippen LogP contribution >= 0.6 is 0 Å². The average Bonchev–Trinajstić information content (AvgIpc) is 2.79. The predicted octanol–water partition coefficient (Wildman–Crippen LogP) is 6.78. The standard InChI is InChI=1S/C27H57N3O/c1-2-3-4-5-6-7-8-9-10-11-12-13-14-15-16-17-26-31-27-20-25-30(23-18-21-28)24-19-22-29/h17,26H,2-16,18-25,27-29H2,1H3/b26-17+. The van der Waals surface area contributed by atoms with E-state index in [2.05, 4.69) is 17.9 Å². The number of nitrogens with two attached hydrogens (primary N) is 2. The van der Waals surface area contributed by atoms with E-state index in [-0.39, 0.29) is 0 Å². The van der Waals surface area contributed by atoms with Gasteiger partial charge >= 0.3 is 0 Å². The number of nitrogens with zero attached hydrogens (tertiary/aromatic N) is 1. The molecule has 0 unspecified atom stereocenters. The third-order valence-electron chi connectivity index (χ3n) is 6.01. The van der Waals surface area contributed by atoms with Gasteiger partial charge in [0.2, 0.25) is 0 Å². The van der Waals surface area contributed by atoms with Gasteiger partial charge in [0.15, 0.2) is 0 Å². The highest BCUT2D eigenvalue weighted by atomic mass is 16.5. The van der Waals surface area contributed by atoms with Crippen molar-refractivity contribution in [2.75, 3.05) is 39.3 Å². The molecule has 0 spiro atoms. The normalized spacial score (nSPS) is 11.7. The molecule has 31 heavy (non-hydrogen) atoms. The maximum absolute atomic E-state index is 5.66. The lowest BCUT2D eigenvalue weighted by molar-refractivity contribution is 0.202. The number of rotatable bonds is 26. The minimum atomic E-state index is 0.762. The van der Waals surface area contributed by atoms with Crippen LogP contribution in [0.25, 0.3) is 0 Å². The molecule has 0 heterocycles. The molecular formula is C27H57N3O. The van der Waals surface area contributed by atoms with Crippen molar-refractivity contribution in [1.82, 2.24) is 4.90 Å². The summed E-state index contributed by atoms with van der Waals surface area (Å²) < 4.78 is 5.66. The van der Waals surface area contributed by atoms with Crippen molar-refractivity contribution >= 4 is 0 Å². The maximum Gasteiger partial charge on any atom is 0.0885 e. The van der Waals surface area contributed by atoms with Crippen molar-refractivity contribution < 1.29 is 4.74 Å². The zero-order valence-electron chi connectivity index (χ0n) is 21.1. The molecule has 4 heteroatoms. The van der Waals surface area contributed by atoms with Crippen LogP contribution in [0.5, 0.6) is 0 Å². The van der Waals surface area contributed by atoms with Crippen LogP contribution in [0.2, 0.25) is 0 Å². The molecule has 0 aliphatic rings. The van der Waals surface area contributed by atoms with Crippen molar-refractivity contribution in [1.29, 1.82) is 0 Å². The van der Waals surface area contributed by atoms with Crippen LogP contribution in [0.4, 0.5) is 0 Å². The molecule has 0 aliphatic heterocycles. The quantitative estimate of drug-likeness (QED) is 0.115. The Morgan fingerprint density at radius 2 is 1.03 bits per heavy atom. The average molecular weight is 440 g/mol. The first-order valence-electron chi connectivity index (χ1n) is 13.7. The van der Waals surface area contributed by atoms with Gasteiger partial charge in [-0.25, -0.2) is 0 Å². The SMILES string of the molecule is CCCCCCCCCCCCCCCC/C=C/OCCCN(CCCN)CCCN. The molecule has 4 N–H and O–H groups in total. The molecule has 0 fully saturated rings. The lowest BCUT2D eigenvalue weighted by Crippen LogP contribution is -2.30. The number of unbranched alkanes of at least 4 members (excludes halogenated alkanes) is 14. The van der Waals surface area contributed by atoms with Gasteiger partial charge < -0.3 is 21.1 Å². The third-order valence-corrected chi connectivity index (χ3v) is 6.01. The van der Waals surface area contributed by atoms with E-state index in [4.69, 9.17) is 16.2 Å². The van der Waals surface area contributed by atoms with Gasteiger partial charge in [-0.2, -0.15) is 0 Å². The minimum absolute atomic E-state index is 0.762. The number of ether oxygens (including phenoxy) is 1. The fourth-order valence-electron chi connectivity index (χ4n) is 4.00. The first-order valence-corrected chi connectivity index (χ1v) is 13.7. The Hall–Kier alpha value is -0.580. The van der Waals surface area contributed by atoms with Crippen molar-refractivity contribution in [3.05, 3.63) is 12.3 Å². The van der Waals surface area contributed by atoms with Crippen molar-refractivity contribution in [3.63, 3.8) is 0 Å². The van der Waals surface area contributed by atoms with E-state index in [0.717, 1.165) is 65.0 Å². The van der Waals surface area contributed by atoms with Gasteiger partial charge in [0, 0.05) is 6.54 Å². The molecule has 0 amide bonds. The van der Waals surface area contributed by atoms with E-state index in [0.29, 0.717) is 0 Å². The Balaban J connectivity index is 3.30. The maximum atomic E-state index is 5.66. The lowest BCUT2D eigenvalue weighted by Gasteiger charge is -2.21. The molecule has 0 radical (unpaired) electrons. The molecule has 0 rings (SSSR count). The topological polar surface area (TPSA) is 64.5 Å². The summed E-state index contributed by atoms with van der Waals surface area (Å²) in [6, 6.07) is 0. The summed E-state index contributed by atoms with van der Waals surface area (Å²) in [6.45, 7) is 7.84. The molecule has 4 nitrogen and oxygen atoms in total. The van der Waals surface area contributed by atoms with Gasteiger partial charge in [-0.3, -0.25) is 0 Å². The van der Waals surface area contributed by atoms with E-state index in [1.807, 2.05) is 6.26 Å². The van der Waals surface area contributed by atoms with Gasteiger partial charge in [0.25, 0.3) is 0 Å². The minimum Gasteiger partial charge on any atom is -0.501 e. The Morgan fingerprint density at radius 1 is 0.581 bits per heavy atom. The van der Waals surface area contributed by atoms with Crippen LogP contribution in [0.3, 0.4) is 0 Å². The molecule has 0 saturated heterocycles. The fraction of sp³-hybridized carbons (Fsp3) is 0.926. The van der Waals surface area contributed by atoms with E-state index < -0.39 is 0 Å². The largest absolute Gasteiger partial charge is 0.501 e. The number of hydrogen-bond donors (Lipinski definition) is 2. The van der Waals surface area contributed by atoms with Crippen LogP contribution < -0.4 is 11.5 Å². The Kier molecular flexibility index (Phi) is 26.9. The highest BCUT2D eigenvalue weighted by Crippen LogP contribution is 2.13. The fourth-order valence-corrected chi connectivity index (χ4v) is 4.00. The van der Waals surface area contributed by atoms with E-state index in [1.54, 1.807) is 0 Å². The molecule has 0 atom stereocenters. The van der Waals surface area contributed by atoms with Crippen LogP contribution in [0.15, 0.2) is 12.3 Å². The first kappa shape index (κ1) is 30.4. The van der Waals surface area contributed by atoms with Gasteiger partial charge in [-0.05, 0) is 64.4 Å². The molecule has 0 aromatic carbocycles. The number of hydrogen-bond acceptors (Lipinski definition) is 4. The Morgan fingerprint density at radius 3 is 1.52 bits per heavy atom. The summed E-state index contributed by atoms with van der Waals surface area (Å²) in [5.74, 6) is 0. The van der Waals surface area contributed by atoms with Gasteiger partial charge in [0.05, 0.1) is 12.9 Å². The summed E-state index contributed by atoms with van der Waals surface area (Å²) in [4.78, 5) is 2.46. The molecule has 0 aromatic heterocycles. The predicted molar refractivity (Wildman–Crippen MR) is 138 cm³/mol. The van der Waals surface area contributed by atoms with Gasteiger partial charge in [-0.1, -0.05) is 90.4 Å². The second-order valence-electron chi connectivity index (χ2n) is 9.11. The van der Waals surface area contributed by atoms with Gasteiger partial charge in [-0.15, -0.1) is 0 Å². The molecule has 0 aliphatic carbocycles. The highest BCUT2D eigenvalue weighted by Gasteiger charge is 2.03. The summed E-state index contributed by atoms with van der Waals surface area (Å²) in [7, 11) is 0. The third kappa shape index (κ3) is 25.6. The van der Waals surface area contributed by atoms with E-state index in [9.17, 15) is 0 Å². The smallest absolute Gasteiger partial charge is 0.0885 e. The molecule has 0 bridgehead atoms. The van der Waals surface area contributed by atoms with Crippen molar-refractivity contribution in [2.45, 2.75) is 122 Å². The van der Waals surface area contributed by atoms with E-state index in [1.165, 1.54) is 89.9 Å². The molecule has 0 saturated carbocycles. The summed E-state index contributed by atoms with van der Waals surface area (Å²) in [5, 5.41) is 0. The molecular weight excluding hydrogens is 382 g/mol. The van der Waals surface area contributed by atoms with Crippen molar-refractivity contribution in [3.8, 4) is 0 Å². The Bertz CT molecular complexity index is 341. The van der Waals surface area contributed by atoms with Crippen molar-refractivity contribution in [2.24, 2.45) is 11.5 Å². The van der Waals surface area contributed by atoms with Crippen LogP contribution in [0.1, 0.15) is 122 Å². The molecule has 186 valence electrons. The van der Waals surface area contributed by atoms with Crippen LogP contribution in [-0.4, -0.2) is 44.2 Å². The lowest BCUT2D eigenvalue weighted by atomic mass is 10.0. The summed E-state index contributed by atoms with van der Waals surface area (Å²) in [5.41, 5.74) is 11.3. The van der Waals surface area contributed by atoms with Gasteiger partial charge in [0.1, 0.15) is 0 Å².